The Kier molecular flexibility index (Phi) is 8.95. The summed E-state index contributed by atoms with van der Waals surface area (Å²) in [7, 11) is 0. The second-order valence-corrected chi connectivity index (χ2v) is 9.46. The lowest BCUT2D eigenvalue weighted by Gasteiger charge is -2.32. The van der Waals surface area contributed by atoms with E-state index in [1.165, 1.54) is 24.3 Å². The van der Waals surface area contributed by atoms with Gasteiger partial charge in [0.05, 0.1) is 0 Å². The van der Waals surface area contributed by atoms with E-state index >= 15 is 0 Å². The van der Waals surface area contributed by atoms with Crippen LogP contribution < -0.4 is 10.1 Å². The Bertz CT molecular complexity index is 1150. The summed E-state index contributed by atoms with van der Waals surface area (Å²) in [6.07, 6.45) is 4.40. The van der Waals surface area contributed by atoms with Crippen molar-refractivity contribution < 1.29 is 18.7 Å². The Balaban J connectivity index is 1.61. The van der Waals surface area contributed by atoms with Crippen molar-refractivity contribution in [2.24, 2.45) is 0 Å². The van der Waals surface area contributed by atoms with Crippen LogP contribution in [0.15, 0.2) is 78.9 Å². The third-order valence-corrected chi connectivity index (χ3v) is 6.82. The molecule has 36 heavy (non-hydrogen) atoms. The molecule has 0 bridgehead atoms. The van der Waals surface area contributed by atoms with Crippen molar-refractivity contribution >= 4 is 23.4 Å². The zero-order valence-electron chi connectivity index (χ0n) is 20.0. The number of nitrogens with zero attached hydrogens (tertiary/aromatic N) is 1. The van der Waals surface area contributed by atoms with E-state index < -0.39 is 6.04 Å². The summed E-state index contributed by atoms with van der Waals surface area (Å²) in [5.74, 6) is -0.562. The Morgan fingerprint density at radius 2 is 1.64 bits per heavy atom. The Labute approximate surface area is 216 Å². The molecule has 4 rings (SSSR count). The zero-order chi connectivity index (χ0) is 25.3. The van der Waals surface area contributed by atoms with Gasteiger partial charge in [0.15, 0.2) is 6.61 Å². The predicted molar refractivity (Wildman–Crippen MR) is 138 cm³/mol. The number of carbonyl (C=O) groups is 2. The number of nitrogens with one attached hydrogen (secondary N) is 1. The first kappa shape index (κ1) is 25.7. The monoisotopic (exact) mass is 508 g/mol. The number of benzene rings is 3. The van der Waals surface area contributed by atoms with Gasteiger partial charge in [0, 0.05) is 24.0 Å². The van der Waals surface area contributed by atoms with Gasteiger partial charge < -0.3 is 15.0 Å². The molecule has 0 heterocycles. The van der Waals surface area contributed by atoms with Crippen LogP contribution in [0.4, 0.5) is 4.39 Å². The summed E-state index contributed by atoms with van der Waals surface area (Å²) in [6.45, 7) is -0.140. The number of hydrogen-bond donors (Lipinski definition) is 1. The molecule has 1 aliphatic rings. The molecule has 1 saturated carbocycles. The molecule has 1 atom stereocenters. The van der Waals surface area contributed by atoms with Crippen molar-refractivity contribution in [3.63, 3.8) is 0 Å². The standard InChI is InChI=1S/C29H30ClFN2O3/c30-26-13-7-4-10-22(26)19-33(28(34)20-36-25-16-14-23(31)15-17-25)27(18-21-8-2-1-3-9-21)29(35)32-24-11-5-6-12-24/h1-4,7-10,13-17,24,27H,5-6,11-12,18-20H2,(H,32,35). The first-order valence-corrected chi connectivity index (χ1v) is 12.6. The van der Waals surface area contributed by atoms with Crippen LogP contribution in [0.3, 0.4) is 0 Å². The number of hydrogen-bond acceptors (Lipinski definition) is 3. The minimum absolute atomic E-state index is 0.114. The Morgan fingerprint density at radius 3 is 2.33 bits per heavy atom. The van der Waals surface area contributed by atoms with E-state index in [1.54, 1.807) is 11.0 Å². The van der Waals surface area contributed by atoms with Crippen molar-refractivity contribution in [2.45, 2.75) is 50.7 Å². The molecule has 3 aromatic rings. The topological polar surface area (TPSA) is 58.6 Å². The highest BCUT2D eigenvalue weighted by atomic mass is 35.5. The van der Waals surface area contributed by atoms with Crippen molar-refractivity contribution in [2.75, 3.05) is 6.61 Å². The van der Waals surface area contributed by atoms with Gasteiger partial charge in [-0.15, -0.1) is 0 Å². The lowest BCUT2D eigenvalue weighted by Crippen LogP contribution is -2.53. The number of amides is 2. The predicted octanol–water partition coefficient (Wildman–Crippen LogP) is 5.56. The molecule has 0 aliphatic heterocycles. The molecule has 1 N–H and O–H groups in total. The largest absolute Gasteiger partial charge is 0.484 e. The molecule has 1 aliphatic carbocycles. The smallest absolute Gasteiger partial charge is 0.261 e. The van der Waals surface area contributed by atoms with Gasteiger partial charge >= 0.3 is 0 Å². The molecule has 3 aromatic carbocycles. The number of carbonyl (C=O) groups excluding carboxylic acids is 2. The van der Waals surface area contributed by atoms with Crippen LogP contribution in [-0.2, 0) is 22.6 Å². The van der Waals surface area contributed by atoms with E-state index in [1.807, 2.05) is 48.5 Å². The normalized spacial score (nSPS) is 14.3. The average molecular weight is 509 g/mol. The van der Waals surface area contributed by atoms with Crippen LogP contribution in [0.2, 0.25) is 5.02 Å². The molecular formula is C29H30ClFN2O3. The first-order valence-electron chi connectivity index (χ1n) is 12.2. The van der Waals surface area contributed by atoms with Gasteiger partial charge in [-0.05, 0) is 54.3 Å². The Hall–Kier alpha value is -3.38. The van der Waals surface area contributed by atoms with E-state index in [4.69, 9.17) is 16.3 Å². The summed E-state index contributed by atoms with van der Waals surface area (Å²) in [5.41, 5.74) is 1.68. The summed E-state index contributed by atoms with van der Waals surface area (Å²) in [6, 6.07) is 21.8. The van der Waals surface area contributed by atoms with Gasteiger partial charge in [-0.2, -0.15) is 0 Å². The number of ether oxygens (including phenoxy) is 1. The van der Waals surface area contributed by atoms with Crippen molar-refractivity contribution in [1.82, 2.24) is 10.2 Å². The summed E-state index contributed by atoms with van der Waals surface area (Å²) in [4.78, 5) is 28.7. The number of halogens is 2. The molecular weight excluding hydrogens is 479 g/mol. The molecule has 188 valence electrons. The molecule has 0 aromatic heterocycles. The highest BCUT2D eigenvalue weighted by Gasteiger charge is 2.32. The fourth-order valence-corrected chi connectivity index (χ4v) is 4.69. The summed E-state index contributed by atoms with van der Waals surface area (Å²) in [5, 5.41) is 3.68. The van der Waals surface area contributed by atoms with E-state index in [0.29, 0.717) is 17.2 Å². The van der Waals surface area contributed by atoms with Crippen molar-refractivity contribution in [3.05, 3.63) is 101 Å². The fourth-order valence-electron chi connectivity index (χ4n) is 4.49. The van der Waals surface area contributed by atoms with Gasteiger partial charge in [-0.1, -0.05) is 73.0 Å². The van der Waals surface area contributed by atoms with E-state index in [2.05, 4.69) is 5.32 Å². The van der Waals surface area contributed by atoms with Gasteiger partial charge in [-0.25, -0.2) is 4.39 Å². The molecule has 1 unspecified atom stereocenters. The Morgan fingerprint density at radius 1 is 0.972 bits per heavy atom. The minimum atomic E-state index is -0.756. The van der Waals surface area contributed by atoms with Gasteiger partial charge in [-0.3, -0.25) is 9.59 Å². The van der Waals surface area contributed by atoms with E-state index in [9.17, 15) is 14.0 Å². The second-order valence-electron chi connectivity index (χ2n) is 9.05. The maximum absolute atomic E-state index is 13.6. The zero-order valence-corrected chi connectivity index (χ0v) is 20.8. The molecule has 5 nitrogen and oxygen atoms in total. The highest BCUT2D eigenvalue weighted by molar-refractivity contribution is 6.31. The van der Waals surface area contributed by atoms with Crippen molar-refractivity contribution in [3.8, 4) is 5.75 Å². The summed E-state index contributed by atoms with van der Waals surface area (Å²) >= 11 is 6.44. The molecule has 0 spiro atoms. The molecule has 7 heteroatoms. The third kappa shape index (κ3) is 7.08. The first-order chi connectivity index (χ1) is 17.5. The van der Waals surface area contributed by atoms with Crippen LogP contribution in [-0.4, -0.2) is 35.4 Å². The van der Waals surface area contributed by atoms with Crippen LogP contribution in [0.1, 0.15) is 36.8 Å². The third-order valence-electron chi connectivity index (χ3n) is 6.45. The van der Waals surface area contributed by atoms with E-state index in [-0.39, 0.29) is 36.8 Å². The maximum atomic E-state index is 13.6. The number of rotatable bonds is 10. The lowest BCUT2D eigenvalue weighted by atomic mass is 10.0. The SMILES string of the molecule is O=C(NC1CCCC1)C(Cc1ccccc1)N(Cc1ccccc1Cl)C(=O)COc1ccc(F)cc1. The van der Waals surface area contributed by atoms with Crippen LogP contribution in [0.25, 0.3) is 0 Å². The molecule has 1 fully saturated rings. The average Bonchev–Trinajstić information content (AvgIpc) is 3.40. The molecule has 0 saturated heterocycles. The fraction of sp³-hybridized carbons (Fsp3) is 0.310. The second kappa shape index (κ2) is 12.5. The highest BCUT2D eigenvalue weighted by Crippen LogP contribution is 2.23. The van der Waals surface area contributed by atoms with Gasteiger partial charge in [0.25, 0.3) is 5.91 Å². The molecule has 2 amide bonds. The van der Waals surface area contributed by atoms with E-state index in [0.717, 1.165) is 36.8 Å². The van der Waals surface area contributed by atoms with Crippen molar-refractivity contribution in [1.29, 1.82) is 0 Å². The quantitative estimate of drug-likeness (QED) is 0.390. The molecule has 0 radical (unpaired) electrons. The van der Waals surface area contributed by atoms with Crippen LogP contribution in [0, 0.1) is 5.82 Å². The van der Waals surface area contributed by atoms with Gasteiger partial charge in [0.1, 0.15) is 17.6 Å². The van der Waals surface area contributed by atoms with Crippen LogP contribution in [0.5, 0.6) is 5.75 Å². The summed E-state index contributed by atoms with van der Waals surface area (Å²) < 4.78 is 18.9. The maximum Gasteiger partial charge on any atom is 0.261 e. The van der Waals surface area contributed by atoms with Gasteiger partial charge in [0.2, 0.25) is 5.91 Å². The lowest BCUT2D eigenvalue weighted by molar-refractivity contribution is -0.143. The minimum Gasteiger partial charge on any atom is -0.484 e. The van der Waals surface area contributed by atoms with Crippen LogP contribution >= 0.6 is 11.6 Å².